The van der Waals surface area contributed by atoms with Gasteiger partial charge in [-0.2, -0.15) is 8.42 Å². The lowest BCUT2D eigenvalue weighted by atomic mass is 10.0. The number of aromatic nitrogens is 6. The van der Waals surface area contributed by atoms with Crippen LogP contribution in [0.2, 0.25) is 5.15 Å². The number of aryl methyl sites for hydroxylation is 1. The molecule has 0 radical (unpaired) electrons. The standard InChI is InChI=1S/C25H22FN5O3.C19H18FN3O.C7H8O3S.C6H5ClN2O2.H2O/c1-34-24(33)22-27-11-8-20(29-22)31-13-15-12-17(15)21-18(31)6-7-19(28-21)25(9-10-25)30-23(32)14-2-4-16(26)5-3-14;20-13-3-1-11(2-4-13)18(24)23-19(7-8-19)16-6-5-15-17(22-16)14-9-12(14)10-21-15;1-6-2-4-7(5-3-6)11(8,9)10;1-11-6(10)5-8-3-2-4(7)9-5;/h2-8,11,15,17H,9-10,12-13H2,1H3,(H,30,32);1-6,12,14,21H,7-10H2,(H,23,24);2-5H,1H3,(H,8,9,10);2-3H,1H3;1H2. The Labute approximate surface area is 469 Å². The summed E-state index contributed by atoms with van der Waals surface area (Å²) in [5.74, 6) is 0.495. The second-order valence-corrected chi connectivity index (χ2v) is 22.0. The second-order valence-electron chi connectivity index (χ2n) is 20.2. The molecule has 3 aromatic carbocycles. The normalized spacial score (nSPS) is 19.1. The van der Waals surface area contributed by atoms with Crippen molar-refractivity contribution >= 4 is 62.7 Å². The number of halogens is 3. The number of nitrogens with zero attached hydrogens (tertiary/aromatic N) is 7. The summed E-state index contributed by atoms with van der Waals surface area (Å²) in [7, 11) is -1.46. The number of pyridine rings is 2. The Morgan fingerprint density at radius 1 is 0.667 bits per heavy atom. The van der Waals surface area contributed by atoms with E-state index in [9.17, 15) is 36.4 Å². The molecular formula is C57H55ClF2N10O10S. The number of hydrogen-bond donors (Lipinski definition) is 4. The van der Waals surface area contributed by atoms with E-state index < -0.39 is 27.6 Å². The van der Waals surface area contributed by atoms with E-state index in [1.54, 1.807) is 24.4 Å². The summed E-state index contributed by atoms with van der Waals surface area (Å²) in [5, 5.41) is 9.89. The Bertz CT molecular complexity index is 3630. The fourth-order valence-electron chi connectivity index (χ4n) is 9.64. The second kappa shape index (κ2) is 23.4. The van der Waals surface area contributed by atoms with Crippen molar-refractivity contribution in [1.82, 2.24) is 40.5 Å². The smallest absolute Gasteiger partial charge is 0.376 e. The quantitative estimate of drug-likeness (QED) is 0.0573. The monoisotopic (exact) mass is 1140 g/mol. The summed E-state index contributed by atoms with van der Waals surface area (Å²) in [5.41, 5.74) is 7.03. The maximum atomic E-state index is 13.2. The number of carbonyl (C=O) groups is 4. The van der Waals surface area contributed by atoms with Crippen LogP contribution in [0.3, 0.4) is 0 Å². The minimum Gasteiger partial charge on any atom is -0.463 e. The minimum absolute atomic E-state index is 0. The predicted octanol–water partition coefficient (Wildman–Crippen LogP) is 7.97. The first-order valence-corrected chi connectivity index (χ1v) is 27.4. The minimum atomic E-state index is -4.02. The van der Waals surface area contributed by atoms with Crippen molar-refractivity contribution in [2.75, 3.05) is 37.5 Å². The number of esters is 2. The van der Waals surface area contributed by atoms with Crippen molar-refractivity contribution in [3.05, 3.63) is 189 Å². The van der Waals surface area contributed by atoms with Gasteiger partial charge < -0.3 is 35.8 Å². The highest BCUT2D eigenvalue weighted by molar-refractivity contribution is 7.85. The Kier molecular flexibility index (Phi) is 16.5. The SMILES string of the molecule is COC(=O)c1nccc(Cl)n1.COC(=O)c1nccc(N2CC3CC3c3nc(C4(NC(=O)c5ccc(F)cc5)CC4)ccc32)n1.Cc1ccc(S(=O)(=O)O)cc1.O.O=C(NC1(c2ccc3c(n2)C2CC2CN3)CC1)c1ccc(F)cc1. The fraction of sp³-hybridized carbons (Fsp3) is 0.298. The molecule has 20 nitrogen and oxygen atoms in total. The summed E-state index contributed by atoms with van der Waals surface area (Å²) in [6, 6.07) is 28.5. The summed E-state index contributed by atoms with van der Waals surface area (Å²) in [4.78, 5) is 75.5. The summed E-state index contributed by atoms with van der Waals surface area (Å²) in [6.45, 7) is 3.68. The lowest BCUT2D eigenvalue weighted by molar-refractivity contribution is 0.0578. The first-order valence-electron chi connectivity index (χ1n) is 25.6. The van der Waals surface area contributed by atoms with Gasteiger partial charge in [0.2, 0.25) is 11.6 Å². The van der Waals surface area contributed by atoms with Crippen LogP contribution in [0.1, 0.15) is 121 Å². The van der Waals surface area contributed by atoms with Gasteiger partial charge in [0.05, 0.1) is 64.3 Å². The van der Waals surface area contributed by atoms with Gasteiger partial charge in [0, 0.05) is 48.4 Å². The fourth-order valence-corrected chi connectivity index (χ4v) is 10.3. The number of fused-ring (bicyclic) bond motifs is 6. The lowest BCUT2D eigenvalue weighted by Crippen LogP contribution is -2.36. The van der Waals surface area contributed by atoms with E-state index in [-0.39, 0.29) is 56.2 Å². The van der Waals surface area contributed by atoms with E-state index in [1.165, 1.54) is 93.6 Å². The maximum Gasteiger partial charge on any atom is 0.376 e. The Balaban J connectivity index is 0.000000146. The molecule has 4 saturated carbocycles. The molecule has 6 aliphatic rings. The zero-order valence-electron chi connectivity index (χ0n) is 43.9. The number of methoxy groups -OCH3 is 2. The molecule has 0 spiro atoms. The molecule has 4 aliphatic carbocycles. The van der Waals surface area contributed by atoms with Crippen LogP contribution in [-0.4, -0.2) is 99.4 Å². The third-order valence-electron chi connectivity index (χ3n) is 14.6. The van der Waals surface area contributed by atoms with Crippen LogP contribution in [0.25, 0.3) is 0 Å². The van der Waals surface area contributed by atoms with E-state index >= 15 is 0 Å². The summed E-state index contributed by atoms with van der Waals surface area (Å²) < 4.78 is 64.9. The van der Waals surface area contributed by atoms with Gasteiger partial charge in [0.25, 0.3) is 21.9 Å². The number of nitrogens with one attached hydrogen (secondary N) is 3. The van der Waals surface area contributed by atoms with Gasteiger partial charge in [-0.3, -0.25) is 24.1 Å². The van der Waals surface area contributed by atoms with Crippen molar-refractivity contribution < 1.29 is 55.9 Å². The van der Waals surface area contributed by atoms with E-state index in [0.29, 0.717) is 34.7 Å². The molecule has 24 heteroatoms. The Morgan fingerprint density at radius 3 is 1.70 bits per heavy atom. The molecular weight excluding hydrogens is 1090 g/mol. The third kappa shape index (κ3) is 13.1. The van der Waals surface area contributed by atoms with Crippen LogP contribution in [0.5, 0.6) is 0 Å². The molecule has 0 bridgehead atoms. The van der Waals surface area contributed by atoms with Crippen LogP contribution in [0, 0.1) is 30.4 Å². The molecule has 13 rings (SSSR count). The molecule has 4 fully saturated rings. The zero-order valence-corrected chi connectivity index (χ0v) is 45.5. The number of carbonyl (C=O) groups excluding carboxylic acids is 4. The average molecular weight is 1150 g/mol. The van der Waals surface area contributed by atoms with E-state index in [0.717, 1.165) is 90.8 Å². The number of benzene rings is 3. The molecule has 2 amide bonds. The average Bonchev–Trinajstić information content (AvgIpc) is 4.42. The molecule has 420 valence electrons. The predicted molar refractivity (Wildman–Crippen MR) is 292 cm³/mol. The maximum absolute atomic E-state index is 13.2. The van der Waals surface area contributed by atoms with Crippen molar-refractivity contribution in [2.45, 2.75) is 73.3 Å². The molecule has 81 heavy (non-hydrogen) atoms. The number of anilines is 3. The van der Waals surface area contributed by atoms with Gasteiger partial charge in [0.15, 0.2) is 0 Å². The van der Waals surface area contributed by atoms with Crippen LogP contribution >= 0.6 is 11.6 Å². The first kappa shape index (κ1) is 57.3. The molecule has 6 N–H and O–H groups in total. The largest absolute Gasteiger partial charge is 0.463 e. The van der Waals surface area contributed by atoms with E-state index in [4.69, 9.17) is 30.9 Å². The van der Waals surface area contributed by atoms with Crippen molar-refractivity contribution in [3.8, 4) is 0 Å². The number of hydrogen-bond acceptors (Lipinski definition) is 16. The van der Waals surface area contributed by atoms with E-state index in [2.05, 4.69) is 51.6 Å². The number of rotatable bonds is 10. The van der Waals surface area contributed by atoms with Crippen molar-refractivity contribution in [2.24, 2.45) is 11.8 Å². The molecule has 2 aliphatic heterocycles. The molecule has 4 unspecified atom stereocenters. The summed E-state index contributed by atoms with van der Waals surface area (Å²) in [6.07, 6.45) is 8.60. The Hall–Kier alpha value is -8.38. The highest BCUT2D eigenvalue weighted by Crippen LogP contribution is 2.57. The van der Waals surface area contributed by atoms with Gasteiger partial charge in [-0.25, -0.2) is 38.3 Å². The zero-order chi connectivity index (χ0) is 56.5. The molecule has 4 atom stereocenters. The van der Waals surface area contributed by atoms with Crippen LogP contribution in [0.15, 0.2) is 126 Å². The lowest BCUT2D eigenvalue weighted by Gasteiger charge is -2.30. The van der Waals surface area contributed by atoms with Gasteiger partial charge in [-0.05, 0) is 154 Å². The highest BCUT2D eigenvalue weighted by atomic mass is 35.5. The molecule has 4 aromatic heterocycles. The van der Waals surface area contributed by atoms with Gasteiger partial charge >= 0.3 is 11.9 Å². The van der Waals surface area contributed by atoms with Crippen molar-refractivity contribution in [1.29, 1.82) is 0 Å². The van der Waals surface area contributed by atoms with Gasteiger partial charge in [0.1, 0.15) is 22.6 Å². The highest BCUT2D eigenvalue weighted by Gasteiger charge is 2.52. The topological polar surface area (TPSA) is 289 Å². The van der Waals surface area contributed by atoms with Crippen LogP contribution in [-0.2, 0) is 30.7 Å². The van der Waals surface area contributed by atoms with E-state index in [1.807, 2.05) is 25.1 Å². The first-order chi connectivity index (χ1) is 38.4. The summed E-state index contributed by atoms with van der Waals surface area (Å²) >= 11 is 5.49. The molecule has 6 heterocycles. The van der Waals surface area contributed by atoms with Gasteiger partial charge in [-0.15, -0.1) is 0 Å². The third-order valence-corrected chi connectivity index (χ3v) is 15.7. The molecule has 0 saturated heterocycles. The van der Waals surface area contributed by atoms with Crippen LogP contribution < -0.4 is 20.9 Å². The van der Waals surface area contributed by atoms with Crippen LogP contribution in [0.4, 0.5) is 26.0 Å². The number of amides is 2. The Morgan fingerprint density at radius 2 is 1.17 bits per heavy atom. The number of ether oxygens (including phenoxy) is 2. The molecule has 7 aromatic rings. The van der Waals surface area contributed by atoms with Gasteiger partial charge in [-0.1, -0.05) is 29.3 Å². The van der Waals surface area contributed by atoms with Crippen molar-refractivity contribution in [3.63, 3.8) is 0 Å².